The minimum atomic E-state index is -2.86. The van der Waals surface area contributed by atoms with Gasteiger partial charge in [0.2, 0.25) is 5.43 Å². The van der Waals surface area contributed by atoms with Crippen molar-refractivity contribution >= 4 is 22.6 Å². The van der Waals surface area contributed by atoms with Gasteiger partial charge in [-0.2, -0.15) is 0 Å². The van der Waals surface area contributed by atoms with Gasteiger partial charge in [-0.15, -0.1) is 0 Å². The highest BCUT2D eigenvalue weighted by Gasteiger charge is 2.23. The van der Waals surface area contributed by atoms with Crippen molar-refractivity contribution in [3.63, 3.8) is 0 Å². The van der Waals surface area contributed by atoms with Crippen molar-refractivity contribution < 1.29 is 41.0 Å². The Labute approximate surface area is 251 Å². The van der Waals surface area contributed by atoms with Crippen LogP contribution >= 0.6 is 0 Å². The number of ether oxygens (including phenoxy) is 3. The number of carbonyl (C=O) groups is 1. The molecular weight excluding hydrogens is 603 g/mol. The van der Waals surface area contributed by atoms with Crippen molar-refractivity contribution in [3.8, 4) is 34.3 Å². The van der Waals surface area contributed by atoms with Crippen LogP contribution in [0.15, 0.2) is 65.7 Å². The number of anilines is 1. The van der Waals surface area contributed by atoms with E-state index >= 15 is 4.39 Å². The first-order chi connectivity index (χ1) is 21.5. The van der Waals surface area contributed by atoms with Gasteiger partial charge in [-0.1, -0.05) is 6.07 Å². The van der Waals surface area contributed by atoms with E-state index in [1.165, 1.54) is 45.5 Å². The summed E-state index contributed by atoms with van der Waals surface area (Å²) in [4.78, 5) is 35.2. The summed E-state index contributed by atoms with van der Waals surface area (Å²) in [7, 11) is 2.83. The lowest BCUT2D eigenvalue weighted by atomic mass is 10.0. The van der Waals surface area contributed by atoms with Gasteiger partial charge >= 0.3 is 0 Å². The Morgan fingerprint density at radius 1 is 0.933 bits per heavy atom. The molecule has 0 bridgehead atoms. The van der Waals surface area contributed by atoms with E-state index in [2.05, 4.69) is 15.3 Å². The first-order valence-corrected chi connectivity index (χ1v) is 13.1. The number of nitrogens with zero attached hydrogens (tertiary/aromatic N) is 3. The van der Waals surface area contributed by atoms with Crippen molar-refractivity contribution in [2.45, 2.75) is 19.9 Å². The highest BCUT2D eigenvalue weighted by atomic mass is 19.3. The number of amides is 1. The third-order valence-electron chi connectivity index (χ3n) is 6.77. The molecule has 0 atom stereocenters. The standard InChI is InChI=1S/C31H23F5N4O5/c1-15-27(29(41)18(13-40(15)14-26(35)36)16-4-6-19(32)20(33)10-16)30(42)38-17-5-7-23(21(34)11-17)45-24-8-9-37-22-12-25(43-2)31(44-3)39-28(22)24/h4-13,26H,14H2,1-3H3,(H,38,42). The number of hydrogen-bond donors (Lipinski definition) is 1. The minimum Gasteiger partial charge on any atom is -0.491 e. The molecule has 1 amide bonds. The molecule has 1 N–H and O–H groups in total. The number of aromatic nitrogens is 3. The topological polar surface area (TPSA) is 105 Å². The lowest BCUT2D eigenvalue weighted by Gasteiger charge is -2.17. The van der Waals surface area contributed by atoms with E-state index in [9.17, 15) is 27.2 Å². The van der Waals surface area contributed by atoms with E-state index in [1.807, 2.05) is 0 Å². The molecule has 5 rings (SSSR count). The van der Waals surface area contributed by atoms with E-state index in [1.54, 1.807) is 6.07 Å². The van der Waals surface area contributed by atoms with E-state index < -0.39 is 47.3 Å². The number of benzene rings is 2. The summed E-state index contributed by atoms with van der Waals surface area (Å²) >= 11 is 0. The predicted molar refractivity (Wildman–Crippen MR) is 154 cm³/mol. The molecule has 45 heavy (non-hydrogen) atoms. The number of hydrogen-bond acceptors (Lipinski definition) is 7. The molecule has 0 fully saturated rings. The van der Waals surface area contributed by atoms with Gasteiger partial charge in [0.15, 0.2) is 34.7 Å². The van der Waals surface area contributed by atoms with Gasteiger partial charge in [-0.05, 0) is 36.8 Å². The highest BCUT2D eigenvalue weighted by molar-refractivity contribution is 6.05. The molecular formula is C31H23F5N4O5. The van der Waals surface area contributed by atoms with Gasteiger partial charge < -0.3 is 24.1 Å². The maximum absolute atomic E-state index is 15.2. The molecule has 0 aliphatic heterocycles. The van der Waals surface area contributed by atoms with Gasteiger partial charge in [0.05, 0.1) is 26.3 Å². The summed E-state index contributed by atoms with van der Waals surface area (Å²) in [5.41, 5.74) is -1.48. The largest absolute Gasteiger partial charge is 0.491 e. The molecule has 0 unspecified atom stereocenters. The molecule has 0 saturated heterocycles. The fourth-order valence-corrected chi connectivity index (χ4v) is 4.59. The van der Waals surface area contributed by atoms with Crippen LogP contribution in [0.5, 0.6) is 23.1 Å². The van der Waals surface area contributed by atoms with Gasteiger partial charge in [0, 0.05) is 47.5 Å². The van der Waals surface area contributed by atoms with Crippen LogP contribution in [0.25, 0.3) is 22.2 Å². The number of fused-ring (bicyclic) bond motifs is 1. The van der Waals surface area contributed by atoms with E-state index in [0.29, 0.717) is 11.3 Å². The lowest BCUT2D eigenvalue weighted by molar-refractivity contribution is 0.102. The summed E-state index contributed by atoms with van der Waals surface area (Å²) in [6.07, 6.45) is -0.394. The second-order valence-corrected chi connectivity index (χ2v) is 9.58. The van der Waals surface area contributed by atoms with Gasteiger partial charge in [0.25, 0.3) is 18.2 Å². The smallest absolute Gasteiger partial charge is 0.261 e. The number of rotatable bonds is 9. The Balaban J connectivity index is 1.47. The molecule has 0 aliphatic carbocycles. The number of halogens is 5. The fraction of sp³-hybridized carbons (Fsp3) is 0.161. The number of nitrogens with one attached hydrogen (secondary N) is 1. The Morgan fingerprint density at radius 3 is 2.38 bits per heavy atom. The SMILES string of the molecule is COc1cc2nccc(Oc3ccc(NC(=O)c4c(C)n(CC(F)F)cc(-c5ccc(F)c(F)c5)c4=O)cc3F)c2nc1OC. The maximum atomic E-state index is 15.2. The average Bonchev–Trinajstić information content (AvgIpc) is 3.00. The summed E-state index contributed by atoms with van der Waals surface area (Å²) in [5.74, 6) is -4.02. The highest BCUT2D eigenvalue weighted by Crippen LogP contribution is 2.35. The molecule has 14 heteroatoms. The number of alkyl halides is 2. The summed E-state index contributed by atoms with van der Waals surface area (Å²) in [6, 6.07) is 9.05. The van der Waals surface area contributed by atoms with Crippen molar-refractivity contribution in [2.75, 3.05) is 19.5 Å². The lowest BCUT2D eigenvalue weighted by Crippen LogP contribution is -2.28. The van der Waals surface area contributed by atoms with Crippen LogP contribution in [0.1, 0.15) is 16.1 Å². The van der Waals surface area contributed by atoms with E-state index in [4.69, 9.17) is 14.2 Å². The number of pyridine rings is 3. The molecule has 9 nitrogen and oxygen atoms in total. The third kappa shape index (κ3) is 6.25. The van der Waals surface area contributed by atoms with Gasteiger partial charge in [-0.25, -0.2) is 26.9 Å². The van der Waals surface area contributed by atoms with E-state index in [0.717, 1.165) is 35.0 Å². The first kappa shape index (κ1) is 30.9. The number of methoxy groups -OCH3 is 2. The van der Waals surface area contributed by atoms with Gasteiger partial charge in [0.1, 0.15) is 11.1 Å². The van der Waals surface area contributed by atoms with Crippen LogP contribution in [-0.4, -0.2) is 41.1 Å². The molecule has 0 saturated carbocycles. The Kier molecular flexibility index (Phi) is 8.66. The molecule has 0 radical (unpaired) electrons. The molecule has 5 aromatic rings. The second kappa shape index (κ2) is 12.6. The zero-order chi connectivity index (χ0) is 32.4. The van der Waals surface area contributed by atoms with Crippen molar-refractivity contribution in [2.24, 2.45) is 0 Å². The van der Waals surface area contributed by atoms with Crippen LogP contribution in [0, 0.1) is 24.4 Å². The quantitative estimate of drug-likeness (QED) is 0.186. The van der Waals surface area contributed by atoms with Crippen LogP contribution in [0.4, 0.5) is 27.6 Å². The molecule has 0 spiro atoms. The zero-order valence-corrected chi connectivity index (χ0v) is 23.8. The van der Waals surface area contributed by atoms with E-state index in [-0.39, 0.29) is 45.4 Å². The summed E-state index contributed by atoms with van der Waals surface area (Å²) in [6.45, 7) is 0.393. The van der Waals surface area contributed by atoms with Crippen molar-refractivity contribution in [3.05, 3.63) is 99.9 Å². The Bertz CT molecular complexity index is 2000. The van der Waals surface area contributed by atoms with Crippen LogP contribution < -0.4 is 25.0 Å². The van der Waals surface area contributed by atoms with Crippen LogP contribution in [0.2, 0.25) is 0 Å². The number of carbonyl (C=O) groups excluding carboxylic acids is 1. The second-order valence-electron chi connectivity index (χ2n) is 9.58. The van der Waals surface area contributed by atoms with Crippen LogP contribution in [0.3, 0.4) is 0 Å². The fourth-order valence-electron chi connectivity index (χ4n) is 4.59. The Morgan fingerprint density at radius 2 is 1.71 bits per heavy atom. The zero-order valence-electron chi connectivity index (χ0n) is 23.8. The minimum absolute atomic E-state index is 0.0913. The molecule has 232 valence electrons. The monoisotopic (exact) mass is 626 g/mol. The summed E-state index contributed by atoms with van der Waals surface area (Å²) < 4.78 is 86.5. The van der Waals surface area contributed by atoms with Gasteiger partial charge in [-0.3, -0.25) is 14.6 Å². The first-order valence-electron chi connectivity index (χ1n) is 13.1. The van der Waals surface area contributed by atoms with Crippen molar-refractivity contribution in [1.82, 2.24) is 14.5 Å². The molecule has 3 aromatic heterocycles. The summed E-state index contributed by atoms with van der Waals surface area (Å²) in [5, 5.41) is 2.39. The van der Waals surface area contributed by atoms with Crippen LogP contribution in [-0.2, 0) is 6.54 Å². The molecule has 3 heterocycles. The third-order valence-corrected chi connectivity index (χ3v) is 6.77. The molecule has 0 aliphatic rings. The predicted octanol–water partition coefficient (Wildman–Crippen LogP) is 6.51. The average molecular weight is 627 g/mol. The van der Waals surface area contributed by atoms with Crippen molar-refractivity contribution in [1.29, 1.82) is 0 Å². The maximum Gasteiger partial charge on any atom is 0.261 e. The molecule has 2 aromatic carbocycles. The normalized spacial score (nSPS) is 11.1. The Hall–Kier alpha value is -5.53.